The Morgan fingerprint density at radius 3 is 2.57 bits per heavy atom. The molecule has 0 unspecified atom stereocenters. The summed E-state index contributed by atoms with van der Waals surface area (Å²) in [4.78, 5) is 11.0. The summed E-state index contributed by atoms with van der Waals surface area (Å²) < 4.78 is 5.26. The molecule has 3 nitrogen and oxygen atoms in total. The molecule has 0 saturated heterocycles. The number of hydrogen-bond acceptors (Lipinski definition) is 3. The largest absolute Gasteiger partial charge is 0.494 e. The van der Waals surface area contributed by atoms with Gasteiger partial charge in [0, 0.05) is 5.69 Å². The van der Waals surface area contributed by atoms with E-state index in [4.69, 9.17) is 4.74 Å². The SMILES string of the molecule is CCOc1ccc(NC(=O)CS)cc1. The van der Waals surface area contributed by atoms with Crippen LogP contribution in [0.1, 0.15) is 6.92 Å². The molecule has 0 radical (unpaired) electrons. The van der Waals surface area contributed by atoms with Crippen molar-refractivity contribution in [2.75, 3.05) is 17.7 Å². The standard InChI is InChI=1S/C10H13NO2S/c1-2-13-9-5-3-8(4-6-9)11-10(12)7-14/h3-6,14H,2,7H2,1H3,(H,11,12). The van der Waals surface area contributed by atoms with Crippen LogP contribution < -0.4 is 10.1 Å². The number of rotatable bonds is 4. The first-order chi connectivity index (χ1) is 6.76. The van der Waals surface area contributed by atoms with E-state index in [-0.39, 0.29) is 11.7 Å². The third-order valence-corrected chi connectivity index (χ3v) is 1.88. The molecule has 14 heavy (non-hydrogen) atoms. The predicted octanol–water partition coefficient (Wildman–Crippen LogP) is 1.95. The lowest BCUT2D eigenvalue weighted by atomic mass is 10.3. The number of amides is 1. The first-order valence-corrected chi connectivity index (χ1v) is 5.03. The zero-order valence-corrected chi connectivity index (χ0v) is 8.88. The highest BCUT2D eigenvalue weighted by atomic mass is 32.1. The Morgan fingerprint density at radius 2 is 2.07 bits per heavy atom. The Labute approximate surface area is 88.9 Å². The predicted molar refractivity (Wildman–Crippen MR) is 60.1 cm³/mol. The van der Waals surface area contributed by atoms with Gasteiger partial charge in [0.15, 0.2) is 0 Å². The molecule has 0 heterocycles. The van der Waals surface area contributed by atoms with Gasteiger partial charge in [-0.1, -0.05) is 0 Å². The Morgan fingerprint density at radius 1 is 1.43 bits per heavy atom. The van der Waals surface area contributed by atoms with Crippen molar-refractivity contribution in [1.29, 1.82) is 0 Å². The van der Waals surface area contributed by atoms with E-state index in [1.165, 1.54) is 0 Å². The molecule has 0 aliphatic heterocycles. The number of carbonyl (C=O) groups excluding carboxylic acids is 1. The van der Waals surface area contributed by atoms with Crippen LogP contribution in [0.15, 0.2) is 24.3 Å². The van der Waals surface area contributed by atoms with Gasteiger partial charge in [0.25, 0.3) is 0 Å². The fourth-order valence-corrected chi connectivity index (χ4v) is 1.08. The summed E-state index contributed by atoms with van der Waals surface area (Å²) in [5, 5.41) is 2.69. The molecule has 1 amide bonds. The first-order valence-electron chi connectivity index (χ1n) is 4.40. The smallest absolute Gasteiger partial charge is 0.234 e. The third kappa shape index (κ3) is 3.30. The number of carbonyl (C=O) groups is 1. The number of hydrogen-bond donors (Lipinski definition) is 2. The summed E-state index contributed by atoms with van der Waals surface area (Å²) in [6.45, 7) is 2.57. The normalized spacial score (nSPS) is 9.57. The second-order valence-electron chi connectivity index (χ2n) is 2.66. The van der Waals surface area contributed by atoms with Crippen molar-refractivity contribution >= 4 is 24.2 Å². The summed E-state index contributed by atoms with van der Waals surface area (Å²) in [6, 6.07) is 7.23. The van der Waals surface area contributed by atoms with Gasteiger partial charge in [-0.15, -0.1) is 0 Å². The summed E-state index contributed by atoms with van der Waals surface area (Å²) >= 11 is 3.86. The molecule has 0 aliphatic rings. The number of thiol groups is 1. The topological polar surface area (TPSA) is 38.3 Å². The molecule has 0 spiro atoms. The Bertz CT molecular complexity index is 297. The van der Waals surface area contributed by atoms with Gasteiger partial charge in [-0.25, -0.2) is 0 Å². The van der Waals surface area contributed by atoms with Crippen molar-refractivity contribution < 1.29 is 9.53 Å². The summed E-state index contributed by atoms with van der Waals surface area (Å²) in [5.41, 5.74) is 0.757. The van der Waals surface area contributed by atoms with Crippen molar-refractivity contribution in [2.45, 2.75) is 6.92 Å². The highest BCUT2D eigenvalue weighted by Gasteiger charge is 1.98. The van der Waals surface area contributed by atoms with E-state index in [1.54, 1.807) is 12.1 Å². The monoisotopic (exact) mass is 211 g/mol. The fourth-order valence-electron chi connectivity index (χ4n) is 1.00. The average Bonchev–Trinajstić information content (AvgIpc) is 2.21. The van der Waals surface area contributed by atoms with Crippen LogP contribution in [0.5, 0.6) is 5.75 Å². The lowest BCUT2D eigenvalue weighted by Gasteiger charge is -2.05. The Kier molecular flexibility index (Phi) is 4.32. The molecular weight excluding hydrogens is 198 g/mol. The molecule has 0 aliphatic carbocycles. The lowest BCUT2D eigenvalue weighted by molar-refractivity contribution is -0.113. The van der Waals surface area contributed by atoms with Gasteiger partial charge in [0.1, 0.15) is 5.75 Å². The Hall–Kier alpha value is -1.16. The van der Waals surface area contributed by atoms with E-state index >= 15 is 0 Å². The van der Waals surface area contributed by atoms with Gasteiger partial charge in [0.05, 0.1) is 12.4 Å². The van der Waals surface area contributed by atoms with Crippen LogP contribution in [0.4, 0.5) is 5.69 Å². The van der Waals surface area contributed by atoms with Gasteiger partial charge >= 0.3 is 0 Å². The van der Waals surface area contributed by atoms with Crippen LogP contribution in [0.25, 0.3) is 0 Å². The minimum Gasteiger partial charge on any atom is -0.494 e. The van der Waals surface area contributed by atoms with Crippen LogP contribution in [0.3, 0.4) is 0 Å². The molecule has 0 aromatic heterocycles. The maximum absolute atomic E-state index is 11.0. The molecule has 1 N–H and O–H groups in total. The number of ether oxygens (including phenoxy) is 1. The van der Waals surface area contributed by atoms with E-state index in [9.17, 15) is 4.79 Å². The Balaban J connectivity index is 2.59. The maximum Gasteiger partial charge on any atom is 0.234 e. The van der Waals surface area contributed by atoms with Crippen LogP contribution in [0, 0.1) is 0 Å². The molecule has 0 saturated carbocycles. The van der Waals surface area contributed by atoms with E-state index in [0.29, 0.717) is 6.61 Å². The van der Waals surface area contributed by atoms with E-state index < -0.39 is 0 Å². The van der Waals surface area contributed by atoms with E-state index in [0.717, 1.165) is 11.4 Å². The highest BCUT2D eigenvalue weighted by molar-refractivity contribution is 7.81. The third-order valence-electron chi connectivity index (χ3n) is 1.59. The number of benzene rings is 1. The van der Waals surface area contributed by atoms with Crippen molar-refractivity contribution in [3.63, 3.8) is 0 Å². The zero-order chi connectivity index (χ0) is 10.4. The molecule has 0 fully saturated rings. The second kappa shape index (κ2) is 5.54. The van der Waals surface area contributed by atoms with Crippen molar-refractivity contribution in [2.24, 2.45) is 0 Å². The van der Waals surface area contributed by atoms with Gasteiger partial charge < -0.3 is 10.1 Å². The van der Waals surface area contributed by atoms with E-state index in [2.05, 4.69) is 17.9 Å². The summed E-state index contributed by atoms with van der Waals surface area (Å²) in [7, 11) is 0. The van der Waals surface area contributed by atoms with Crippen LogP contribution in [-0.4, -0.2) is 18.3 Å². The summed E-state index contributed by atoms with van der Waals surface area (Å²) in [5.74, 6) is 0.876. The number of anilines is 1. The molecule has 0 bridgehead atoms. The molecule has 76 valence electrons. The van der Waals surface area contributed by atoms with Crippen LogP contribution in [-0.2, 0) is 4.79 Å². The maximum atomic E-state index is 11.0. The highest BCUT2D eigenvalue weighted by Crippen LogP contribution is 2.15. The van der Waals surface area contributed by atoms with Gasteiger partial charge in [0.2, 0.25) is 5.91 Å². The van der Waals surface area contributed by atoms with Crippen LogP contribution >= 0.6 is 12.6 Å². The molecule has 1 aromatic carbocycles. The van der Waals surface area contributed by atoms with Crippen molar-refractivity contribution in [3.05, 3.63) is 24.3 Å². The molecular formula is C10H13NO2S. The minimum atomic E-state index is -0.113. The quantitative estimate of drug-likeness (QED) is 0.747. The minimum absolute atomic E-state index is 0.113. The molecule has 4 heteroatoms. The molecule has 1 aromatic rings. The fraction of sp³-hybridized carbons (Fsp3) is 0.300. The average molecular weight is 211 g/mol. The van der Waals surface area contributed by atoms with Gasteiger partial charge in [-0.05, 0) is 31.2 Å². The van der Waals surface area contributed by atoms with Crippen molar-refractivity contribution in [1.82, 2.24) is 0 Å². The zero-order valence-electron chi connectivity index (χ0n) is 7.99. The first kappa shape index (κ1) is 10.9. The molecule has 1 rings (SSSR count). The lowest BCUT2D eigenvalue weighted by Crippen LogP contribution is -2.12. The number of nitrogens with one attached hydrogen (secondary N) is 1. The van der Waals surface area contributed by atoms with Crippen molar-refractivity contribution in [3.8, 4) is 5.75 Å². The van der Waals surface area contributed by atoms with Gasteiger partial charge in [-0.3, -0.25) is 4.79 Å². The van der Waals surface area contributed by atoms with E-state index in [1.807, 2.05) is 19.1 Å². The summed E-state index contributed by atoms with van der Waals surface area (Å²) in [6.07, 6.45) is 0. The van der Waals surface area contributed by atoms with Crippen LogP contribution in [0.2, 0.25) is 0 Å². The van der Waals surface area contributed by atoms with Gasteiger partial charge in [-0.2, -0.15) is 12.6 Å². The second-order valence-corrected chi connectivity index (χ2v) is 2.98. The molecule has 0 atom stereocenters.